The summed E-state index contributed by atoms with van der Waals surface area (Å²) in [5, 5.41) is 3.41. The molecule has 2 aliphatic heterocycles. The molecule has 0 aromatic carbocycles. The van der Waals surface area contributed by atoms with E-state index in [2.05, 4.69) is 5.32 Å². The average Bonchev–Trinajstić information content (AvgIpc) is 2.96. The predicted octanol–water partition coefficient (Wildman–Crippen LogP) is 1.69. The molecule has 2 fully saturated rings. The number of carbonyl (C=O) groups excluding carboxylic acids is 2. The molecule has 0 bridgehead atoms. The van der Waals surface area contributed by atoms with Gasteiger partial charge in [0.15, 0.2) is 0 Å². The lowest BCUT2D eigenvalue weighted by Crippen LogP contribution is -2.38. The summed E-state index contributed by atoms with van der Waals surface area (Å²) in [7, 11) is 0. The van der Waals surface area contributed by atoms with E-state index in [1.54, 1.807) is 0 Å². The van der Waals surface area contributed by atoms with E-state index in [-0.39, 0.29) is 11.8 Å². The van der Waals surface area contributed by atoms with Gasteiger partial charge in [-0.05, 0) is 38.6 Å². The molecule has 0 aliphatic carbocycles. The summed E-state index contributed by atoms with van der Waals surface area (Å²) in [4.78, 5) is 25.9. The molecule has 0 radical (unpaired) electrons. The number of hydrogen-bond acceptors (Lipinski definition) is 3. The highest BCUT2D eigenvalue weighted by Crippen LogP contribution is 2.39. The monoisotopic (exact) mass is 252 g/mol. The number of rotatable bonds is 5. The first kappa shape index (κ1) is 13.5. The van der Waals surface area contributed by atoms with Crippen LogP contribution in [0.15, 0.2) is 0 Å². The minimum absolute atomic E-state index is 0.0293. The third-order valence-corrected chi connectivity index (χ3v) is 4.71. The lowest BCUT2D eigenvalue weighted by Gasteiger charge is -2.24. The molecule has 2 saturated heterocycles. The molecule has 0 spiro atoms. The Morgan fingerprint density at radius 2 is 2.06 bits per heavy atom. The summed E-state index contributed by atoms with van der Waals surface area (Å²) < 4.78 is 0. The number of nitrogens with one attached hydrogen (secondary N) is 1. The molecule has 0 aromatic heterocycles. The van der Waals surface area contributed by atoms with Gasteiger partial charge < -0.3 is 5.32 Å². The number of likely N-dealkylation sites (tertiary alicyclic amines) is 1. The van der Waals surface area contributed by atoms with Crippen molar-refractivity contribution in [2.45, 2.75) is 58.4 Å². The van der Waals surface area contributed by atoms with Crippen molar-refractivity contribution in [3.63, 3.8) is 0 Å². The predicted molar refractivity (Wildman–Crippen MR) is 70.0 cm³/mol. The highest BCUT2D eigenvalue weighted by molar-refractivity contribution is 6.05. The molecule has 1 atom stereocenters. The van der Waals surface area contributed by atoms with E-state index in [4.69, 9.17) is 0 Å². The first-order valence-corrected chi connectivity index (χ1v) is 7.21. The maximum absolute atomic E-state index is 12.4. The Kier molecular flexibility index (Phi) is 4.05. The van der Waals surface area contributed by atoms with Crippen molar-refractivity contribution in [2.75, 3.05) is 13.1 Å². The van der Waals surface area contributed by atoms with Crippen LogP contribution in [0.25, 0.3) is 0 Å². The van der Waals surface area contributed by atoms with E-state index in [1.165, 1.54) is 17.7 Å². The van der Waals surface area contributed by atoms with Gasteiger partial charge in [-0.15, -0.1) is 0 Å². The van der Waals surface area contributed by atoms with Gasteiger partial charge in [0.25, 0.3) is 0 Å². The molecular weight excluding hydrogens is 228 g/mol. The van der Waals surface area contributed by atoms with Gasteiger partial charge in [0.05, 0.1) is 5.41 Å². The van der Waals surface area contributed by atoms with Gasteiger partial charge >= 0.3 is 0 Å². The van der Waals surface area contributed by atoms with Crippen LogP contribution in [-0.2, 0) is 9.59 Å². The van der Waals surface area contributed by atoms with Crippen LogP contribution >= 0.6 is 0 Å². The Morgan fingerprint density at radius 1 is 1.33 bits per heavy atom. The summed E-state index contributed by atoms with van der Waals surface area (Å²) >= 11 is 0. The lowest BCUT2D eigenvalue weighted by molar-refractivity contribution is -0.141. The standard InChI is InChI=1S/C14H24N2O2/c1-3-14(4-2)10-12(17)16(13(14)18)9-7-11-6-5-8-15-11/h11,15H,3-10H2,1-2H3. The second-order valence-corrected chi connectivity index (χ2v) is 5.60. The fraction of sp³-hybridized carbons (Fsp3) is 0.857. The molecule has 0 aromatic rings. The van der Waals surface area contributed by atoms with Crippen molar-refractivity contribution in [1.82, 2.24) is 10.2 Å². The smallest absolute Gasteiger partial charge is 0.235 e. The first-order valence-electron chi connectivity index (χ1n) is 7.21. The van der Waals surface area contributed by atoms with E-state index in [0.717, 1.165) is 25.8 Å². The zero-order chi connectivity index (χ0) is 13.2. The normalized spacial score (nSPS) is 27.2. The molecule has 4 nitrogen and oxygen atoms in total. The fourth-order valence-corrected chi connectivity index (χ4v) is 3.18. The highest BCUT2D eigenvalue weighted by Gasteiger charge is 2.48. The van der Waals surface area contributed by atoms with Crippen LogP contribution in [0.5, 0.6) is 0 Å². The minimum Gasteiger partial charge on any atom is -0.314 e. The molecular formula is C14H24N2O2. The van der Waals surface area contributed by atoms with Gasteiger partial charge in [-0.25, -0.2) is 0 Å². The van der Waals surface area contributed by atoms with Crippen molar-refractivity contribution in [3.8, 4) is 0 Å². The van der Waals surface area contributed by atoms with E-state index >= 15 is 0 Å². The molecule has 4 heteroatoms. The zero-order valence-electron chi connectivity index (χ0n) is 11.5. The maximum atomic E-state index is 12.4. The molecule has 102 valence electrons. The summed E-state index contributed by atoms with van der Waals surface area (Å²) in [5.74, 6) is 0.0946. The van der Waals surface area contributed by atoms with Crippen LogP contribution in [0.1, 0.15) is 52.4 Å². The average molecular weight is 252 g/mol. The highest BCUT2D eigenvalue weighted by atomic mass is 16.2. The number of imide groups is 1. The molecule has 1 unspecified atom stereocenters. The van der Waals surface area contributed by atoms with Gasteiger partial charge in [0.2, 0.25) is 11.8 Å². The van der Waals surface area contributed by atoms with Crippen molar-refractivity contribution in [3.05, 3.63) is 0 Å². The third kappa shape index (κ3) is 2.30. The van der Waals surface area contributed by atoms with E-state index < -0.39 is 5.41 Å². The van der Waals surface area contributed by atoms with Crippen LogP contribution in [0.3, 0.4) is 0 Å². The largest absolute Gasteiger partial charge is 0.314 e. The summed E-state index contributed by atoms with van der Waals surface area (Å²) in [6, 6.07) is 0.490. The Balaban J connectivity index is 1.96. The van der Waals surface area contributed by atoms with Crippen LogP contribution in [0, 0.1) is 5.41 Å². The quantitative estimate of drug-likeness (QED) is 0.758. The maximum Gasteiger partial charge on any atom is 0.235 e. The molecule has 0 saturated carbocycles. The lowest BCUT2D eigenvalue weighted by atomic mass is 9.81. The van der Waals surface area contributed by atoms with Crippen LogP contribution < -0.4 is 5.32 Å². The van der Waals surface area contributed by atoms with Crippen molar-refractivity contribution in [2.24, 2.45) is 5.41 Å². The summed E-state index contributed by atoms with van der Waals surface area (Å²) in [6.07, 6.45) is 5.24. The van der Waals surface area contributed by atoms with E-state index in [1.807, 2.05) is 13.8 Å². The first-order chi connectivity index (χ1) is 8.63. The molecule has 2 amide bonds. The Morgan fingerprint density at radius 3 is 2.56 bits per heavy atom. The Hall–Kier alpha value is -0.900. The van der Waals surface area contributed by atoms with Gasteiger partial charge in [-0.3, -0.25) is 14.5 Å². The number of carbonyl (C=O) groups is 2. The van der Waals surface area contributed by atoms with Crippen molar-refractivity contribution >= 4 is 11.8 Å². The van der Waals surface area contributed by atoms with Crippen molar-refractivity contribution in [1.29, 1.82) is 0 Å². The Bertz CT molecular complexity index is 331. The van der Waals surface area contributed by atoms with Crippen LogP contribution in [0.4, 0.5) is 0 Å². The van der Waals surface area contributed by atoms with Crippen molar-refractivity contribution < 1.29 is 9.59 Å². The SMILES string of the molecule is CCC1(CC)CC(=O)N(CCC2CCCN2)C1=O. The van der Waals surface area contributed by atoms with Gasteiger partial charge in [-0.1, -0.05) is 13.8 Å². The van der Waals surface area contributed by atoms with Gasteiger partial charge in [0.1, 0.15) is 0 Å². The molecule has 1 N–H and O–H groups in total. The van der Waals surface area contributed by atoms with Crippen LogP contribution in [-0.4, -0.2) is 35.8 Å². The topological polar surface area (TPSA) is 49.4 Å². The molecule has 2 rings (SSSR count). The number of nitrogens with zero attached hydrogens (tertiary/aromatic N) is 1. The fourth-order valence-electron chi connectivity index (χ4n) is 3.18. The van der Waals surface area contributed by atoms with E-state index in [9.17, 15) is 9.59 Å². The van der Waals surface area contributed by atoms with E-state index in [0.29, 0.717) is 19.0 Å². The number of hydrogen-bond donors (Lipinski definition) is 1. The third-order valence-electron chi connectivity index (χ3n) is 4.71. The molecule has 18 heavy (non-hydrogen) atoms. The summed E-state index contributed by atoms with van der Waals surface area (Å²) in [6.45, 7) is 5.69. The molecule has 2 aliphatic rings. The van der Waals surface area contributed by atoms with Gasteiger partial charge in [0, 0.05) is 19.0 Å². The summed E-state index contributed by atoms with van der Waals surface area (Å²) in [5.41, 5.74) is -0.403. The van der Waals surface area contributed by atoms with Gasteiger partial charge in [-0.2, -0.15) is 0 Å². The Labute approximate surface area is 109 Å². The minimum atomic E-state index is -0.403. The zero-order valence-corrected chi connectivity index (χ0v) is 11.5. The second kappa shape index (κ2) is 5.39. The number of amides is 2. The molecule has 2 heterocycles. The second-order valence-electron chi connectivity index (χ2n) is 5.60. The van der Waals surface area contributed by atoms with Crippen LogP contribution in [0.2, 0.25) is 0 Å².